The highest BCUT2D eigenvalue weighted by molar-refractivity contribution is 6.36. The van der Waals surface area contributed by atoms with Crippen molar-refractivity contribution in [2.45, 2.75) is 37.9 Å². The molecule has 1 aliphatic heterocycles. The molecule has 1 aromatic carbocycles. The number of nitrogens with zero attached hydrogens (tertiary/aromatic N) is 1. The van der Waals surface area contributed by atoms with Gasteiger partial charge in [-0.2, -0.15) is 5.26 Å². The molecule has 0 aliphatic carbocycles. The predicted molar refractivity (Wildman–Crippen MR) is 73.4 cm³/mol. The van der Waals surface area contributed by atoms with Gasteiger partial charge < -0.3 is 4.74 Å². The number of hydrogen-bond donors (Lipinski definition) is 0. The van der Waals surface area contributed by atoms with Crippen LogP contribution in [0.15, 0.2) is 18.2 Å². The van der Waals surface area contributed by atoms with Crippen LogP contribution < -0.4 is 0 Å². The van der Waals surface area contributed by atoms with Crippen molar-refractivity contribution in [1.29, 1.82) is 5.26 Å². The fourth-order valence-corrected chi connectivity index (χ4v) is 2.87. The summed E-state index contributed by atoms with van der Waals surface area (Å²) in [4.78, 5) is 12.4. The fraction of sp³-hybridized carbons (Fsp3) is 0.429. The number of rotatable bonds is 3. The van der Waals surface area contributed by atoms with Gasteiger partial charge in [-0.05, 0) is 31.9 Å². The standard InChI is InChI=1S/C14H13Cl2NO2/c1-8-5-6-12(19-8)14(18)9(7-17)13-10(15)3-2-4-11(13)16/h2-4,8-9,12H,5-6H2,1H3. The number of Topliss-reactive ketones (excluding diaryl/α,β-unsaturated/α-hetero) is 1. The molecule has 0 N–H and O–H groups in total. The van der Waals surface area contributed by atoms with Crippen molar-refractivity contribution >= 4 is 29.0 Å². The third-order valence-corrected chi connectivity index (χ3v) is 3.91. The monoisotopic (exact) mass is 297 g/mol. The van der Waals surface area contributed by atoms with Gasteiger partial charge in [-0.1, -0.05) is 29.3 Å². The third-order valence-electron chi connectivity index (χ3n) is 3.25. The Labute approximate surface area is 122 Å². The maximum Gasteiger partial charge on any atom is 0.183 e. The molecule has 0 aromatic heterocycles. The Morgan fingerprint density at radius 1 is 1.42 bits per heavy atom. The average Bonchev–Trinajstić information content (AvgIpc) is 2.80. The van der Waals surface area contributed by atoms with Crippen LogP contribution in [0.2, 0.25) is 10.0 Å². The van der Waals surface area contributed by atoms with Gasteiger partial charge in [0.2, 0.25) is 0 Å². The van der Waals surface area contributed by atoms with Crippen LogP contribution in [0.4, 0.5) is 0 Å². The Hall–Kier alpha value is -1.08. The van der Waals surface area contributed by atoms with E-state index in [9.17, 15) is 10.1 Å². The minimum Gasteiger partial charge on any atom is -0.367 e. The van der Waals surface area contributed by atoms with E-state index in [4.69, 9.17) is 27.9 Å². The maximum atomic E-state index is 12.4. The Bertz CT molecular complexity index is 518. The highest BCUT2D eigenvalue weighted by atomic mass is 35.5. The molecule has 19 heavy (non-hydrogen) atoms. The van der Waals surface area contributed by atoms with Crippen LogP contribution in [0.3, 0.4) is 0 Å². The van der Waals surface area contributed by atoms with E-state index in [1.54, 1.807) is 18.2 Å². The van der Waals surface area contributed by atoms with Crippen molar-refractivity contribution in [2.75, 3.05) is 0 Å². The summed E-state index contributed by atoms with van der Waals surface area (Å²) in [6.45, 7) is 1.91. The Kier molecular flexibility index (Phi) is 4.46. The summed E-state index contributed by atoms with van der Waals surface area (Å²) >= 11 is 12.1. The normalized spacial score (nSPS) is 23.9. The zero-order chi connectivity index (χ0) is 14.0. The summed E-state index contributed by atoms with van der Waals surface area (Å²) in [6.07, 6.45) is 0.979. The molecule has 0 bridgehead atoms. The van der Waals surface area contributed by atoms with Gasteiger partial charge in [-0.3, -0.25) is 4.79 Å². The molecule has 0 radical (unpaired) electrons. The van der Waals surface area contributed by atoms with E-state index < -0.39 is 12.0 Å². The summed E-state index contributed by atoms with van der Waals surface area (Å²) in [5.74, 6) is -1.24. The first-order valence-electron chi connectivity index (χ1n) is 6.07. The second kappa shape index (κ2) is 5.92. The molecule has 1 aromatic rings. The van der Waals surface area contributed by atoms with Crippen molar-refractivity contribution in [3.63, 3.8) is 0 Å². The highest BCUT2D eigenvalue weighted by Gasteiger charge is 2.35. The predicted octanol–water partition coefficient (Wildman–Crippen LogP) is 3.74. The summed E-state index contributed by atoms with van der Waals surface area (Å²) in [5.41, 5.74) is 0.376. The van der Waals surface area contributed by atoms with Crippen molar-refractivity contribution in [2.24, 2.45) is 0 Å². The molecule has 100 valence electrons. The fourth-order valence-electron chi connectivity index (χ4n) is 2.25. The third kappa shape index (κ3) is 2.92. The highest BCUT2D eigenvalue weighted by Crippen LogP contribution is 2.34. The molecule has 1 aliphatic rings. The SMILES string of the molecule is CC1CCC(C(=O)C(C#N)c2c(Cl)cccc2Cl)O1. The van der Waals surface area contributed by atoms with Gasteiger partial charge in [-0.15, -0.1) is 0 Å². The molecular weight excluding hydrogens is 285 g/mol. The Morgan fingerprint density at radius 3 is 2.53 bits per heavy atom. The lowest BCUT2D eigenvalue weighted by Crippen LogP contribution is -2.26. The van der Waals surface area contributed by atoms with Gasteiger partial charge in [0.1, 0.15) is 12.0 Å². The number of ether oxygens (including phenoxy) is 1. The van der Waals surface area contributed by atoms with E-state index in [0.717, 1.165) is 6.42 Å². The number of carbonyl (C=O) groups is 1. The first-order valence-corrected chi connectivity index (χ1v) is 6.83. The quantitative estimate of drug-likeness (QED) is 0.854. The minimum absolute atomic E-state index is 0.0509. The van der Waals surface area contributed by atoms with E-state index in [0.29, 0.717) is 22.0 Å². The van der Waals surface area contributed by atoms with E-state index in [2.05, 4.69) is 0 Å². The summed E-state index contributed by atoms with van der Waals surface area (Å²) in [6, 6.07) is 6.92. The van der Waals surface area contributed by atoms with E-state index >= 15 is 0 Å². The smallest absolute Gasteiger partial charge is 0.183 e. The molecule has 0 saturated carbocycles. The lowest BCUT2D eigenvalue weighted by molar-refractivity contribution is -0.129. The number of nitriles is 1. The molecule has 2 rings (SSSR count). The number of benzene rings is 1. The first kappa shape index (κ1) is 14.3. The second-order valence-corrected chi connectivity index (χ2v) is 5.43. The zero-order valence-electron chi connectivity index (χ0n) is 10.4. The lowest BCUT2D eigenvalue weighted by atomic mass is 9.92. The van der Waals surface area contributed by atoms with Crippen LogP contribution in [0, 0.1) is 11.3 Å². The van der Waals surface area contributed by atoms with Crippen molar-refractivity contribution in [3.05, 3.63) is 33.8 Å². The molecule has 3 unspecified atom stereocenters. The summed E-state index contributed by atoms with van der Waals surface area (Å²) in [5, 5.41) is 9.95. The molecule has 5 heteroatoms. The second-order valence-electron chi connectivity index (χ2n) is 4.61. The van der Waals surface area contributed by atoms with Crippen LogP contribution in [0.1, 0.15) is 31.2 Å². The number of ketones is 1. The van der Waals surface area contributed by atoms with Crippen molar-refractivity contribution in [1.82, 2.24) is 0 Å². The van der Waals surface area contributed by atoms with Crippen molar-refractivity contribution in [3.8, 4) is 6.07 Å². The minimum atomic E-state index is -0.975. The summed E-state index contributed by atoms with van der Waals surface area (Å²) in [7, 11) is 0. The number of halogens is 2. The Morgan fingerprint density at radius 2 is 2.05 bits per heavy atom. The van der Waals surface area contributed by atoms with Crippen LogP contribution in [-0.2, 0) is 9.53 Å². The van der Waals surface area contributed by atoms with Crippen LogP contribution >= 0.6 is 23.2 Å². The van der Waals surface area contributed by atoms with Crippen LogP contribution in [0.25, 0.3) is 0 Å². The van der Waals surface area contributed by atoms with Gasteiger partial charge in [0.15, 0.2) is 5.78 Å². The van der Waals surface area contributed by atoms with Crippen LogP contribution in [0.5, 0.6) is 0 Å². The van der Waals surface area contributed by atoms with Gasteiger partial charge >= 0.3 is 0 Å². The summed E-state index contributed by atoms with van der Waals surface area (Å²) < 4.78 is 5.52. The molecule has 1 fully saturated rings. The molecule has 1 saturated heterocycles. The van der Waals surface area contributed by atoms with E-state index in [-0.39, 0.29) is 11.9 Å². The van der Waals surface area contributed by atoms with Gasteiger partial charge in [0.05, 0.1) is 12.2 Å². The maximum absolute atomic E-state index is 12.4. The molecular formula is C14H13Cl2NO2. The average molecular weight is 298 g/mol. The molecule has 3 atom stereocenters. The van der Waals surface area contributed by atoms with Crippen molar-refractivity contribution < 1.29 is 9.53 Å². The first-order chi connectivity index (χ1) is 9.04. The molecule has 3 nitrogen and oxygen atoms in total. The van der Waals surface area contributed by atoms with Gasteiger partial charge in [-0.25, -0.2) is 0 Å². The van der Waals surface area contributed by atoms with E-state index in [1.165, 1.54) is 0 Å². The van der Waals surface area contributed by atoms with E-state index in [1.807, 2.05) is 13.0 Å². The molecule has 0 amide bonds. The molecule has 1 heterocycles. The lowest BCUT2D eigenvalue weighted by Gasteiger charge is -2.16. The largest absolute Gasteiger partial charge is 0.367 e. The van der Waals surface area contributed by atoms with Gasteiger partial charge in [0.25, 0.3) is 0 Å². The Balaban J connectivity index is 2.30. The number of hydrogen-bond acceptors (Lipinski definition) is 3. The topological polar surface area (TPSA) is 50.1 Å². The molecule has 0 spiro atoms. The van der Waals surface area contributed by atoms with Gasteiger partial charge in [0, 0.05) is 15.6 Å². The van der Waals surface area contributed by atoms with Crippen LogP contribution in [-0.4, -0.2) is 18.0 Å². The zero-order valence-corrected chi connectivity index (χ0v) is 11.9. The number of carbonyl (C=O) groups excluding carboxylic acids is 1.